The third-order valence-electron chi connectivity index (χ3n) is 4.98. The molecule has 0 bridgehead atoms. The number of carbonyl (C=O) groups is 1. The van der Waals surface area contributed by atoms with Crippen LogP contribution in [0.2, 0.25) is 0 Å². The molecule has 29 heavy (non-hydrogen) atoms. The molecular weight excluding hydrogens is 364 g/mol. The molecule has 0 radical (unpaired) electrons. The van der Waals surface area contributed by atoms with Gasteiger partial charge in [-0.15, -0.1) is 0 Å². The van der Waals surface area contributed by atoms with E-state index in [0.29, 0.717) is 23.6 Å². The van der Waals surface area contributed by atoms with Crippen molar-refractivity contribution in [1.82, 2.24) is 9.47 Å². The topological polar surface area (TPSA) is 43.7 Å². The van der Waals surface area contributed by atoms with Crippen LogP contribution in [0.5, 0.6) is 11.5 Å². The van der Waals surface area contributed by atoms with E-state index < -0.39 is 0 Å². The Hall–Kier alpha value is -3.21. The Labute approximate surface area is 172 Å². The number of methoxy groups -OCH3 is 2. The van der Waals surface area contributed by atoms with E-state index in [1.165, 1.54) is 5.56 Å². The van der Waals surface area contributed by atoms with Gasteiger partial charge in [0.1, 0.15) is 17.1 Å². The predicted molar refractivity (Wildman–Crippen MR) is 115 cm³/mol. The number of rotatable bonds is 8. The summed E-state index contributed by atoms with van der Waals surface area (Å²) in [7, 11) is 3.13. The van der Waals surface area contributed by atoms with Gasteiger partial charge in [0.25, 0.3) is 5.91 Å². The summed E-state index contributed by atoms with van der Waals surface area (Å²) >= 11 is 0. The van der Waals surface area contributed by atoms with Gasteiger partial charge in [0.05, 0.1) is 20.8 Å². The summed E-state index contributed by atoms with van der Waals surface area (Å²) < 4.78 is 13.1. The number of carbonyl (C=O) groups excluding carboxylic acids is 1. The molecule has 3 rings (SSSR count). The van der Waals surface area contributed by atoms with Gasteiger partial charge in [-0.2, -0.15) is 0 Å². The van der Waals surface area contributed by atoms with Crippen LogP contribution < -0.4 is 9.47 Å². The zero-order valence-electron chi connectivity index (χ0n) is 17.5. The van der Waals surface area contributed by atoms with Gasteiger partial charge in [0, 0.05) is 24.5 Å². The van der Waals surface area contributed by atoms with Crippen molar-refractivity contribution in [2.45, 2.75) is 33.0 Å². The Morgan fingerprint density at radius 3 is 2.17 bits per heavy atom. The summed E-state index contributed by atoms with van der Waals surface area (Å²) in [4.78, 5) is 15.3. The molecule has 5 heteroatoms. The maximum absolute atomic E-state index is 13.5. The van der Waals surface area contributed by atoms with E-state index in [1.54, 1.807) is 26.4 Å². The Kier molecular flexibility index (Phi) is 6.60. The molecule has 0 N–H and O–H groups in total. The zero-order chi connectivity index (χ0) is 20.8. The van der Waals surface area contributed by atoms with Gasteiger partial charge in [0.2, 0.25) is 0 Å². The Bertz CT molecular complexity index is 926. The number of amides is 1. The molecule has 0 aliphatic heterocycles. The normalized spacial score (nSPS) is 10.8. The van der Waals surface area contributed by atoms with E-state index >= 15 is 0 Å². The van der Waals surface area contributed by atoms with E-state index in [-0.39, 0.29) is 11.9 Å². The molecule has 3 aromatic rings. The van der Waals surface area contributed by atoms with Crippen molar-refractivity contribution in [3.63, 3.8) is 0 Å². The van der Waals surface area contributed by atoms with Crippen LogP contribution >= 0.6 is 0 Å². The molecule has 5 nitrogen and oxygen atoms in total. The predicted octanol–water partition coefficient (Wildman–Crippen LogP) is 4.60. The molecule has 152 valence electrons. The lowest BCUT2D eigenvalue weighted by molar-refractivity contribution is 0.0679. The second-order valence-electron chi connectivity index (χ2n) is 7.18. The fraction of sp³-hybridized carbons (Fsp3) is 0.292. The minimum atomic E-state index is -0.109. The van der Waals surface area contributed by atoms with Crippen molar-refractivity contribution < 1.29 is 14.3 Å². The van der Waals surface area contributed by atoms with Gasteiger partial charge in [-0.3, -0.25) is 4.79 Å². The van der Waals surface area contributed by atoms with Crippen molar-refractivity contribution in [2.75, 3.05) is 14.2 Å². The summed E-state index contributed by atoms with van der Waals surface area (Å²) in [5.74, 6) is 0.918. The van der Waals surface area contributed by atoms with Crippen molar-refractivity contribution in [1.29, 1.82) is 0 Å². The Morgan fingerprint density at radius 1 is 0.931 bits per heavy atom. The minimum absolute atomic E-state index is 0.0113. The average molecular weight is 392 g/mol. The van der Waals surface area contributed by atoms with Crippen molar-refractivity contribution in [2.24, 2.45) is 0 Å². The van der Waals surface area contributed by atoms with Crippen LogP contribution in [0.4, 0.5) is 0 Å². The third-order valence-corrected chi connectivity index (χ3v) is 4.98. The quantitative estimate of drug-likeness (QED) is 0.562. The summed E-state index contributed by atoms with van der Waals surface area (Å²) in [6.45, 7) is 5.30. The molecule has 1 heterocycles. The van der Waals surface area contributed by atoms with Crippen LogP contribution in [0.1, 0.15) is 35.5 Å². The first kappa shape index (κ1) is 20.5. The second kappa shape index (κ2) is 9.32. The van der Waals surface area contributed by atoms with Gasteiger partial charge in [-0.05, 0) is 43.7 Å². The fourth-order valence-electron chi connectivity index (χ4n) is 3.40. The molecule has 0 spiro atoms. The van der Waals surface area contributed by atoms with Gasteiger partial charge < -0.3 is 18.9 Å². The molecular formula is C24H28N2O3. The molecule has 0 saturated heterocycles. The SMILES string of the molecule is COc1cccc(OC)c1C(=O)N(Cc1cccn1Cc1ccccc1)C(C)C. The molecule has 2 aromatic carbocycles. The highest BCUT2D eigenvalue weighted by atomic mass is 16.5. The molecule has 0 aliphatic carbocycles. The van der Waals surface area contributed by atoms with E-state index in [1.807, 2.05) is 49.1 Å². The maximum atomic E-state index is 13.5. The van der Waals surface area contributed by atoms with Crippen LogP contribution in [0.25, 0.3) is 0 Å². The van der Waals surface area contributed by atoms with Crippen LogP contribution in [-0.2, 0) is 13.1 Å². The number of aromatic nitrogens is 1. The Morgan fingerprint density at radius 2 is 1.59 bits per heavy atom. The number of ether oxygens (including phenoxy) is 2. The number of nitrogens with zero attached hydrogens (tertiary/aromatic N) is 2. The molecule has 0 saturated carbocycles. The number of hydrogen-bond acceptors (Lipinski definition) is 3. The average Bonchev–Trinajstić information content (AvgIpc) is 3.17. The molecule has 0 unspecified atom stereocenters. The fourth-order valence-corrected chi connectivity index (χ4v) is 3.40. The van der Waals surface area contributed by atoms with Crippen LogP contribution in [0, 0.1) is 0 Å². The lowest BCUT2D eigenvalue weighted by Gasteiger charge is -2.28. The standard InChI is InChI=1S/C24H28N2O3/c1-18(2)26(24(27)23-21(28-3)13-8-14-22(23)29-4)17-20-12-9-15-25(20)16-19-10-6-5-7-11-19/h5-15,18H,16-17H2,1-4H3. The molecule has 0 aliphatic rings. The van der Waals surface area contributed by atoms with E-state index in [9.17, 15) is 4.79 Å². The number of benzene rings is 2. The first-order chi connectivity index (χ1) is 14.0. The van der Waals surface area contributed by atoms with Gasteiger partial charge in [-0.1, -0.05) is 36.4 Å². The maximum Gasteiger partial charge on any atom is 0.262 e. The number of hydrogen-bond donors (Lipinski definition) is 0. The zero-order valence-corrected chi connectivity index (χ0v) is 17.5. The highest BCUT2D eigenvalue weighted by Crippen LogP contribution is 2.30. The van der Waals surface area contributed by atoms with Crippen LogP contribution in [0.15, 0.2) is 66.9 Å². The first-order valence-electron chi connectivity index (χ1n) is 9.75. The largest absolute Gasteiger partial charge is 0.496 e. The lowest BCUT2D eigenvalue weighted by Crippen LogP contribution is -2.37. The summed E-state index contributed by atoms with van der Waals surface area (Å²) in [5.41, 5.74) is 2.75. The summed E-state index contributed by atoms with van der Waals surface area (Å²) in [6, 6.07) is 19.8. The van der Waals surface area contributed by atoms with Gasteiger partial charge in [0.15, 0.2) is 0 Å². The smallest absolute Gasteiger partial charge is 0.262 e. The van der Waals surface area contributed by atoms with Crippen LogP contribution in [0.3, 0.4) is 0 Å². The lowest BCUT2D eigenvalue weighted by atomic mass is 10.1. The second-order valence-corrected chi connectivity index (χ2v) is 7.18. The van der Waals surface area contributed by atoms with Gasteiger partial charge in [-0.25, -0.2) is 0 Å². The first-order valence-corrected chi connectivity index (χ1v) is 9.75. The third kappa shape index (κ3) is 4.62. The van der Waals surface area contributed by atoms with E-state index in [4.69, 9.17) is 9.47 Å². The van der Waals surface area contributed by atoms with Crippen LogP contribution in [-0.4, -0.2) is 35.6 Å². The van der Waals surface area contributed by atoms with Crippen molar-refractivity contribution >= 4 is 5.91 Å². The van der Waals surface area contributed by atoms with Crippen molar-refractivity contribution in [3.8, 4) is 11.5 Å². The summed E-state index contributed by atoms with van der Waals surface area (Å²) in [6.07, 6.45) is 2.05. The molecule has 0 fully saturated rings. The van der Waals surface area contributed by atoms with E-state index in [0.717, 1.165) is 12.2 Å². The summed E-state index contributed by atoms with van der Waals surface area (Å²) in [5, 5.41) is 0. The monoisotopic (exact) mass is 392 g/mol. The highest BCUT2D eigenvalue weighted by Gasteiger charge is 2.26. The van der Waals surface area contributed by atoms with Gasteiger partial charge >= 0.3 is 0 Å². The van der Waals surface area contributed by atoms with Crippen molar-refractivity contribution in [3.05, 3.63) is 83.7 Å². The Balaban J connectivity index is 1.89. The highest BCUT2D eigenvalue weighted by molar-refractivity contribution is 5.99. The van der Waals surface area contributed by atoms with E-state index in [2.05, 4.69) is 29.0 Å². The molecule has 1 aromatic heterocycles. The molecule has 0 atom stereocenters. The molecule has 1 amide bonds. The minimum Gasteiger partial charge on any atom is -0.496 e.